The maximum atomic E-state index is 12.6. The monoisotopic (exact) mass is 396 g/mol. The van der Waals surface area contributed by atoms with E-state index in [0.29, 0.717) is 17.8 Å². The molecule has 2 aromatic rings. The van der Waals surface area contributed by atoms with Crippen molar-refractivity contribution in [2.45, 2.75) is 30.7 Å². The summed E-state index contributed by atoms with van der Waals surface area (Å²) in [6.45, 7) is 3.88. The van der Waals surface area contributed by atoms with Crippen LogP contribution in [0.4, 0.5) is 24.5 Å². The highest BCUT2D eigenvalue weighted by Crippen LogP contribution is 2.38. The molecule has 0 spiro atoms. The molecule has 0 aromatic heterocycles. The first-order valence-electron chi connectivity index (χ1n) is 8.20. The van der Waals surface area contributed by atoms with Crippen LogP contribution in [0.25, 0.3) is 0 Å². The molecule has 0 heterocycles. The molecule has 0 bridgehead atoms. The van der Waals surface area contributed by atoms with Crippen molar-refractivity contribution in [3.63, 3.8) is 0 Å². The average Bonchev–Trinajstić information content (AvgIpc) is 2.55. The third kappa shape index (κ3) is 6.97. The van der Waals surface area contributed by atoms with Crippen molar-refractivity contribution < 1.29 is 22.8 Å². The Bertz CT molecular complexity index is 805. The van der Waals surface area contributed by atoms with Crippen LogP contribution in [-0.2, 0) is 4.79 Å². The fraction of sp³-hybridized carbons (Fsp3) is 0.263. The van der Waals surface area contributed by atoms with Gasteiger partial charge in [0.25, 0.3) is 5.91 Å². The Labute approximate surface area is 159 Å². The number of amides is 2. The smallest absolute Gasteiger partial charge is 0.326 e. The van der Waals surface area contributed by atoms with Crippen LogP contribution in [0.3, 0.4) is 0 Å². The Balaban J connectivity index is 2.05. The number of carbonyl (C=O) groups excluding carboxylic acids is 2. The Morgan fingerprint density at radius 3 is 2.07 bits per heavy atom. The topological polar surface area (TPSA) is 58.2 Å². The van der Waals surface area contributed by atoms with Crippen LogP contribution in [0.2, 0.25) is 0 Å². The summed E-state index contributed by atoms with van der Waals surface area (Å²) in [5.41, 5.74) is -3.55. The number of rotatable bonds is 6. The molecule has 0 unspecified atom stereocenters. The van der Waals surface area contributed by atoms with Crippen LogP contribution in [0.5, 0.6) is 0 Å². The molecule has 0 radical (unpaired) electrons. The van der Waals surface area contributed by atoms with E-state index in [1.165, 1.54) is 24.3 Å². The molecule has 0 aliphatic carbocycles. The van der Waals surface area contributed by atoms with Crippen molar-refractivity contribution in [2.75, 3.05) is 10.6 Å². The molecule has 27 heavy (non-hydrogen) atoms. The van der Waals surface area contributed by atoms with Gasteiger partial charge in [0.2, 0.25) is 5.91 Å². The van der Waals surface area contributed by atoms with Gasteiger partial charge in [0.15, 0.2) is 0 Å². The van der Waals surface area contributed by atoms with E-state index in [1.54, 1.807) is 24.3 Å². The van der Waals surface area contributed by atoms with Crippen molar-refractivity contribution >= 4 is 35.0 Å². The van der Waals surface area contributed by atoms with Crippen LogP contribution in [0.1, 0.15) is 30.6 Å². The molecular formula is C19H19F3N2O2S. The fourth-order valence-corrected chi connectivity index (χ4v) is 2.95. The van der Waals surface area contributed by atoms with Crippen LogP contribution in [0.15, 0.2) is 53.4 Å². The summed E-state index contributed by atoms with van der Waals surface area (Å²) in [4.78, 5) is 23.9. The first kappa shape index (κ1) is 20.8. The Hall–Kier alpha value is -2.48. The third-order valence-corrected chi connectivity index (χ3v) is 4.18. The van der Waals surface area contributed by atoms with Gasteiger partial charge < -0.3 is 10.6 Å². The Morgan fingerprint density at radius 1 is 0.963 bits per heavy atom. The third-order valence-electron chi connectivity index (χ3n) is 3.38. The van der Waals surface area contributed by atoms with Crippen molar-refractivity contribution in [1.82, 2.24) is 0 Å². The summed E-state index contributed by atoms with van der Waals surface area (Å²) < 4.78 is 37.9. The van der Waals surface area contributed by atoms with E-state index in [4.69, 9.17) is 0 Å². The fourth-order valence-electron chi connectivity index (χ4n) is 2.29. The second-order valence-electron chi connectivity index (χ2n) is 6.22. The first-order valence-corrected chi connectivity index (χ1v) is 9.02. The zero-order chi connectivity index (χ0) is 20.0. The standard InChI is InChI=1S/C19H19F3N2O2S/c1-12(2)11-17(25)23-13-7-9-14(10-8-13)24-18(26)15-5-3-4-6-16(15)27-19(20,21)22/h3-10,12H,11H2,1-2H3,(H,23,25)(H,24,26). The van der Waals surface area contributed by atoms with Gasteiger partial charge in [-0.15, -0.1) is 0 Å². The van der Waals surface area contributed by atoms with Crippen molar-refractivity contribution in [3.8, 4) is 0 Å². The van der Waals surface area contributed by atoms with E-state index in [0.717, 1.165) is 0 Å². The number of hydrogen-bond acceptors (Lipinski definition) is 3. The SMILES string of the molecule is CC(C)CC(=O)Nc1ccc(NC(=O)c2ccccc2SC(F)(F)F)cc1. The second-order valence-corrected chi connectivity index (χ2v) is 7.33. The van der Waals surface area contributed by atoms with Gasteiger partial charge in [-0.25, -0.2) is 0 Å². The number of hydrogen-bond donors (Lipinski definition) is 2. The molecule has 2 rings (SSSR count). The average molecular weight is 396 g/mol. The number of benzene rings is 2. The lowest BCUT2D eigenvalue weighted by atomic mass is 10.1. The summed E-state index contributed by atoms with van der Waals surface area (Å²) in [6, 6.07) is 11.9. The molecule has 0 saturated carbocycles. The predicted octanol–water partition coefficient (Wildman–Crippen LogP) is 5.54. The number of carbonyl (C=O) groups is 2. The van der Waals surface area contributed by atoms with Crippen LogP contribution in [-0.4, -0.2) is 17.3 Å². The quantitative estimate of drug-likeness (QED) is 0.631. The molecule has 8 heteroatoms. The van der Waals surface area contributed by atoms with Crippen LogP contribution >= 0.6 is 11.8 Å². The van der Waals surface area contributed by atoms with E-state index in [-0.39, 0.29) is 34.0 Å². The van der Waals surface area contributed by atoms with Gasteiger partial charge in [0.05, 0.1) is 5.56 Å². The molecule has 0 fully saturated rings. The number of alkyl halides is 3. The summed E-state index contributed by atoms with van der Waals surface area (Å²) in [7, 11) is 0. The van der Waals surface area contributed by atoms with E-state index in [1.807, 2.05) is 13.8 Å². The highest BCUT2D eigenvalue weighted by Gasteiger charge is 2.31. The zero-order valence-corrected chi connectivity index (χ0v) is 15.6. The maximum Gasteiger partial charge on any atom is 0.446 e. The number of halogens is 3. The number of thioether (sulfide) groups is 1. The molecule has 2 N–H and O–H groups in total. The van der Waals surface area contributed by atoms with Crippen molar-refractivity contribution in [3.05, 3.63) is 54.1 Å². The highest BCUT2D eigenvalue weighted by atomic mass is 32.2. The first-order chi connectivity index (χ1) is 12.6. The van der Waals surface area contributed by atoms with Gasteiger partial charge in [-0.05, 0) is 54.1 Å². The zero-order valence-electron chi connectivity index (χ0n) is 14.8. The molecule has 0 saturated heterocycles. The van der Waals surface area contributed by atoms with Crippen LogP contribution < -0.4 is 10.6 Å². The Morgan fingerprint density at radius 2 is 1.52 bits per heavy atom. The number of anilines is 2. The normalized spacial score (nSPS) is 11.3. The predicted molar refractivity (Wildman–Crippen MR) is 101 cm³/mol. The van der Waals surface area contributed by atoms with Crippen molar-refractivity contribution in [1.29, 1.82) is 0 Å². The van der Waals surface area contributed by atoms with E-state index in [2.05, 4.69) is 10.6 Å². The molecule has 0 aliphatic heterocycles. The molecule has 0 atom stereocenters. The minimum Gasteiger partial charge on any atom is -0.326 e. The second kappa shape index (κ2) is 8.94. The largest absolute Gasteiger partial charge is 0.446 e. The van der Waals surface area contributed by atoms with Gasteiger partial charge >= 0.3 is 5.51 Å². The number of nitrogens with one attached hydrogen (secondary N) is 2. The van der Waals surface area contributed by atoms with E-state index in [9.17, 15) is 22.8 Å². The lowest BCUT2D eigenvalue weighted by Gasteiger charge is -2.12. The minimum atomic E-state index is -4.48. The maximum absolute atomic E-state index is 12.6. The Kier molecular flexibility index (Phi) is 6.90. The van der Waals surface area contributed by atoms with Gasteiger partial charge in [-0.2, -0.15) is 13.2 Å². The molecular weight excluding hydrogens is 377 g/mol. The van der Waals surface area contributed by atoms with Crippen LogP contribution in [0, 0.1) is 5.92 Å². The lowest BCUT2D eigenvalue weighted by molar-refractivity contribution is -0.116. The molecule has 0 aliphatic rings. The van der Waals surface area contributed by atoms with E-state index >= 15 is 0 Å². The minimum absolute atomic E-state index is 0.0610. The van der Waals surface area contributed by atoms with Gasteiger partial charge in [-0.3, -0.25) is 9.59 Å². The van der Waals surface area contributed by atoms with Gasteiger partial charge in [0.1, 0.15) is 0 Å². The summed E-state index contributed by atoms with van der Waals surface area (Å²) >= 11 is -0.328. The van der Waals surface area contributed by atoms with Gasteiger partial charge in [-0.1, -0.05) is 26.0 Å². The molecule has 2 aromatic carbocycles. The summed E-state index contributed by atoms with van der Waals surface area (Å²) in [5, 5.41) is 5.31. The molecule has 144 valence electrons. The van der Waals surface area contributed by atoms with Gasteiger partial charge in [0, 0.05) is 22.7 Å². The molecule has 4 nitrogen and oxygen atoms in total. The summed E-state index contributed by atoms with van der Waals surface area (Å²) in [6.07, 6.45) is 0.395. The molecule has 2 amide bonds. The summed E-state index contributed by atoms with van der Waals surface area (Å²) in [5.74, 6) is -0.517. The van der Waals surface area contributed by atoms with Crippen molar-refractivity contribution in [2.24, 2.45) is 5.92 Å². The highest BCUT2D eigenvalue weighted by molar-refractivity contribution is 8.00. The van der Waals surface area contributed by atoms with E-state index < -0.39 is 11.4 Å². The lowest BCUT2D eigenvalue weighted by Crippen LogP contribution is -2.15.